The summed E-state index contributed by atoms with van der Waals surface area (Å²) < 4.78 is 16.4. The van der Waals surface area contributed by atoms with Gasteiger partial charge in [-0.15, -0.1) is 0 Å². The number of oxazole rings is 1. The molecule has 29 heavy (non-hydrogen) atoms. The summed E-state index contributed by atoms with van der Waals surface area (Å²) >= 11 is 0. The average molecular weight is 399 g/mol. The van der Waals surface area contributed by atoms with E-state index >= 15 is 0 Å². The Balaban J connectivity index is 1.31. The van der Waals surface area contributed by atoms with Gasteiger partial charge in [-0.05, 0) is 38.0 Å². The molecule has 2 heterocycles. The van der Waals surface area contributed by atoms with E-state index in [0.717, 1.165) is 31.2 Å². The molecule has 8 heteroatoms. The van der Waals surface area contributed by atoms with Crippen LogP contribution in [0.5, 0.6) is 11.5 Å². The Bertz CT molecular complexity index is 902. The number of aryl methyl sites for hydroxylation is 1. The van der Waals surface area contributed by atoms with Crippen LogP contribution in [0.3, 0.4) is 0 Å². The van der Waals surface area contributed by atoms with Crippen molar-refractivity contribution in [2.24, 2.45) is 0 Å². The molecule has 1 aromatic carbocycles. The molecule has 8 nitrogen and oxygen atoms in total. The molecule has 1 fully saturated rings. The van der Waals surface area contributed by atoms with Crippen molar-refractivity contribution in [3.05, 3.63) is 29.7 Å². The third kappa shape index (κ3) is 4.70. The summed E-state index contributed by atoms with van der Waals surface area (Å²) in [5, 5.41) is 5.65. The summed E-state index contributed by atoms with van der Waals surface area (Å²) in [6, 6.07) is 5.66. The molecule has 0 saturated heterocycles. The number of carbonyl (C=O) groups excluding carboxylic acids is 2. The van der Waals surface area contributed by atoms with Crippen molar-refractivity contribution in [2.45, 2.75) is 51.5 Å². The summed E-state index contributed by atoms with van der Waals surface area (Å²) in [6.07, 6.45) is 5.61. The molecule has 0 spiro atoms. The fourth-order valence-corrected chi connectivity index (χ4v) is 3.66. The lowest BCUT2D eigenvalue weighted by Gasteiger charge is -2.22. The number of benzene rings is 1. The van der Waals surface area contributed by atoms with Crippen LogP contribution < -0.4 is 20.1 Å². The molecule has 2 aromatic rings. The lowest BCUT2D eigenvalue weighted by atomic mass is 9.95. The molecule has 1 aliphatic heterocycles. The van der Waals surface area contributed by atoms with Crippen LogP contribution in [0.15, 0.2) is 22.6 Å². The van der Waals surface area contributed by atoms with Crippen molar-refractivity contribution >= 4 is 11.8 Å². The molecule has 0 bridgehead atoms. The number of aromatic nitrogens is 1. The molecular weight excluding hydrogens is 374 g/mol. The van der Waals surface area contributed by atoms with Crippen molar-refractivity contribution in [3.8, 4) is 23.0 Å². The van der Waals surface area contributed by atoms with Gasteiger partial charge in [0, 0.05) is 11.6 Å². The monoisotopic (exact) mass is 399 g/mol. The normalized spacial score (nSPS) is 15.9. The highest BCUT2D eigenvalue weighted by Crippen LogP contribution is 2.36. The van der Waals surface area contributed by atoms with Crippen LogP contribution in [0.1, 0.15) is 43.6 Å². The first-order valence-corrected chi connectivity index (χ1v) is 10.0. The fraction of sp³-hybridized carbons (Fsp3) is 0.476. The number of amides is 2. The van der Waals surface area contributed by atoms with Gasteiger partial charge in [0.1, 0.15) is 5.76 Å². The van der Waals surface area contributed by atoms with Crippen molar-refractivity contribution in [1.29, 1.82) is 0 Å². The fourth-order valence-electron chi connectivity index (χ4n) is 3.66. The molecule has 4 rings (SSSR count). The van der Waals surface area contributed by atoms with Gasteiger partial charge in [-0.2, -0.15) is 0 Å². The Morgan fingerprint density at radius 2 is 1.90 bits per heavy atom. The summed E-state index contributed by atoms with van der Waals surface area (Å²) in [6.45, 7) is 1.94. The minimum Gasteiger partial charge on any atom is -0.454 e. The van der Waals surface area contributed by atoms with Crippen molar-refractivity contribution < 1.29 is 23.5 Å². The number of nitrogens with zero attached hydrogens (tertiary/aromatic N) is 1. The van der Waals surface area contributed by atoms with Gasteiger partial charge in [0.05, 0.1) is 18.7 Å². The van der Waals surface area contributed by atoms with E-state index in [1.54, 1.807) is 19.1 Å². The zero-order valence-corrected chi connectivity index (χ0v) is 16.5. The maximum absolute atomic E-state index is 12.3. The van der Waals surface area contributed by atoms with Crippen molar-refractivity contribution in [3.63, 3.8) is 0 Å². The zero-order chi connectivity index (χ0) is 20.2. The minimum atomic E-state index is -0.266. The number of fused-ring (bicyclic) bond motifs is 1. The first-order chi connectivity index (χ1) is 14.1. The number of nitrogens with one attached hydrogen (secondary N) is 2. The quantitative estimate of drug-likeness (QED) is 0.774. The van der Waals surface area contributed by atoms with Crippen LogP contribution in [0.2, 0.25) is 0 Å². The molecule has 0 radical (unpaired) electrons. The van der Waals surface area contributed by atoms with Crippen LogP contribution in [-0.4, -0.2) is 36.2 Å². The average Bonchev–Trinajstić information content (AvgIpc) is 3.33. The third-order valence-electron chi connectivity index (χ3n) is 5.26. The Morgan fingerprint density at radius 1 is 1.10 bits per heavy atom. The Hall–Kier alpha value is -3.03. The van der Waals surface area contributed by atoms with E-state index in [1.165, 1.54) is 6.42 Å². The number of hydrogen-bond donors (Lipinski definition) is 2. The Morgan fingerprint density at radius 3 is 2.72 bits per heavy atom. The lowest BCUT2D eigenvalue weighted by Crippen LogP contribution is -2.43. The predicted molar refractivity (Wildman–Crippen MR) is 105 cm³/mol. The first kappa shape index (κ1) is 19.3. The molecule has 1 aliphatic carbocycles. The van der Waals surface area contributed by atoms with Gasteiger partial charge in [0.2, 0.25) is 24.5 Å². The SMILES string of the molecule is Cc1oc(-c2ccc3c(c2)OCO3)nc1CC(=O)NCC(=O)NC1CCCCC1. The van der Waals surface area contributed by atoms with Crippen LogP contribution in [0.4, 0.5) is 0 Å². The summed E-state index contributed by atoms with van der Waals surface area (Å²) in [7, 11) is 0. The third-order valence-corrected chi connectivity index (χ3v) is 5.26. The van der Waals surface area contributed by atoms with Crippen LogP contribution in [-0.2, 0) is 16.0 Å². The van der Waals surface area contributed by atoms with E-state index in [9.17, 15) is 9.59 Å². The maximum Gasteiger partial charge on any atom is 0.239 e. The zero-order valence-electron chi connectivity index (χ0n) is 16.5. The Kier molecular flexibility index (Phi) is 5.69. The molecule has 0 unspecified atom stereocenters. The smallest absolute Gasteiger partial charge is 0.239 e. The van der Waals surface area contributed by atoms with E-state index in [-0.39, 0.29) is 37.6 Å². The largest absolute Gasteiger partial charge is 0.454 e. The topological polar surface area (TPSA) is 103 Å². The highest BCUT2D eigenvalue weighted by molar-refractivity contribution is 5.85. The first-order valence-electron chi connectivity index (χ1n) is 10.0. The van der Waals surface area contributed by atoms with Gasteiger partial charge in [-0.3, -0.25) is 9.59 Å². The van der Waals surface area contributed by atoms with Crippen LogP contribution in [0.25, 0.3) is 11.5 Å². The van der Waals surface area contributed by atoms with E-state index in [4.69, 9.17) is 13.9 Å². The molecule has 2 aliphatic rings. The second kappa shape index (κ2) is 8.55. The van der Waals surface area contributed by atoms with Crippen LogP contribution >= 0.6 is 0 Å². The summed E-state index contributed by atoms with van der Waals surface area (Å²) in [5.74, 6) is 1.89. The summed E-state index contributed by atoms with van der Waals surface area (Å²) in [5.41, 5.74) is 1.29. The van der Waals surface area contributed by atoms with Crippen molar-refractivity contribution in [2.75, 3.05) is 13.3 Å². The van der Waals surface area contributed by atoms with Crippen LogP contribution in [0, 0.1) is 6.92 Å². The molecule has 154 valence electrons. The number of hydrogen-bond acceptors (Lipinski definition) is 6. The highest BCUT2D eigenvalue weighted by atomic mass is 16.7. The number of carbonyl (C=O) groups is 2. The van der Waals surface area contributed by atoms with Gasteiger partial charge in [-0.25, -0.2) is 4.98 Å². The molecular formula is C21H25N3O5. The van der Waals surface area contributed by atoms with Gasteiger partial charge in [-0.1, -0.05) is 19.3 Å². The lowest BCUT2D eigenvalue weighted by molar-refractivity contribution is -0.126. The highest BCUT2D eigenvalue weighted by Gasteiger charge is 2.20. The van der Waals surface area contributed by atoms with Gasteiger partial charge >= 0.3 is 0 Å². The standard InChI is InChI=1S/C21H25N3O5/c1-13-16(10-19(25)22-11-20(26)23-15-5-3-2-4-6-15)24-21(29-13)14-7-8-17-18(9-14)28-12-27-17/h7-9,15H,2-6,10-12H2,1H3,(H,22,25)(H,23,26). The van der Waals surface area contributed by atoms with Gasteiger partial charge in [0.25, 0.3) is 0 Å². The molecule has 2 N–H and O–H groups in total. The van der Waals surface area contributed by atoms with E-state index in [0.29, 0.717) is 28.8 Å². The van der Waals surface area contributed by atoms with Gasteiger partial charge < -0.3 is 24.5 Å². The Labute approximate surface area is 169 Å². The van der Waals surface area contributed by atoms with E-state index in [1.807, 2.05) is 6.07 Å². The maximum atomic E-state index is 12.3. The second-order valence-corrected chi connectivity index (χ2v) is 7.45. The summed E-state index contributed by atoms with van der Waals surface area (Å²) in [4.78, 5) is 28.7. The number of rotatable bonds is 6. The predicted octanol–water partition coefficient (Wildman–Crippen LogP) is 2.49. The molecule has 1 aromatic heterocycles. The van der Waals surface area contributed by atoms with Crippen molar-refractivity contribution in [1.82, 2.24) is 15.6 Å². The van der Waals surface area contributed by atoms with E-state index in [2.05, 4.69) is 15.6 Å². The minimum absolute atomic E-state index is 0.0265. The molecule has 0 atom stereocenters. The molecule has 2 amide bonds. The molecule has 1 saturated carbocycles. The van der Waals surface area contributed by atoms with E-state index < -0.39 is 0 Å². The number of ether oxygens (including phenoxy) is 2. The second-order valence-electron chi connectivity index (χ2n) is 7.45. The van der Waals surface area contributed by atoms with Gasteiger partial charge in [0.15, 0.2) is 11.5 Å².